The maximum absolute atomic E-state index is 13.5. The van der Waals surface area contributed by atoms with Crippen molar-refractivity contribution >= 4 is 34.4 Å². The number of carbonyl (C=O) groups is 2. The van der Waals surface area contributed by atoms with Gasteiger partial charge in [0.1, 0.15) is 5.70 Å². The molecule has 1 aliphatic heterocycles. The zero-order valence-electron chi connectivity index (χ0n) is 18.1. The smallest absolute Gasteiger partial charge is 0.282 e. The Morgan fingerprint density at radius 3 is 2.16 bits per heavy atom. The number of imide groups is 1. The van der Waals surface area contributed by atoms with Crippen molar-refractivity contribution in [1.82, 2.24) is 0 Å². The van der Waals surface area contributed by atoms with E-state index in [1.54, 1.807) is 6.07 Å². The van der Waals surface area contributed by atoms with E-state index < -0.39 is 0 Å². The van der Waals surface area contributed by atoms with E-state index in [4.69, 9.17) is 0 Å². The number of amides is 2. The number of aryl methyl sites for hydroxylation is 2. The Labute approximate surface area is 182 Å². The van der Waals surface area contributed by atoms with Gasteiger partial charge in [0.25, 0.3) is 11.8 Å². The molecule has 1 aliphatic rings. The first kappa shape index (κ1) is 20.4. The highest BCUT2D eigenvalue weighted by atomic mass is 16.2. The van der Waals surface area contributed by atoms with Gasteiger partial charge >= 0.3 is 0 Å². The van der Waals surface area contributed by atoms with Gasteiger partial charge in [-0.1, -0.05) is 48.0 Å². The monoisotopic (exact) mass is 411 g/mol. The molecule has 156 valence electrons. The summed E-state index contributed by atoms with van der Waals surface area (Å²) in [5.74, 6) is -0.696. The molecule has 5 nitrogen and oxygen atoms in total. The van der Waals surface area contributed by atoms with Crippen LogP contribution in [0.4, 0.5) is 17.1 Å². The molecular formula is C26H25N3O2. The minimum Gasteiger partial charge on any atom is -0.378 e. The molecule has 3 aromatic carbocycles. The Bertz CT molecular complexity index is 1190. The molecule has 3 aromatic rings. The van der Waals surface area contributed by atoms with Crippen molar-refractivity contribution in [2.45, 2.75) is 13.8 Å². The second-order valence-electron chi connectivity index (χ2n) is 7.97. The second-order valence-corrected chi connectivity index (χ2v) is 7.97. The number of nitrogens with one attached hydrogen (secondary N) is 1. The average Bonchev–Trinajstić information content (AvgIpc) is 2.98. The van der Waals surface area contributed by atoms with Crippen molar-refractivity contribution in [1.29, 1.82) is 0 Å². The van der Waals surface area contributed by atoms with Crippen molar-refractivity contribution in [2.24, 2.45) is 0 Å². The zero-order chi connectivity index (χ0) is 22.1. The summed E-state index contributed by atoms with van der Waals surface area (Å²) in [4.78, 5) is 30.2. The number of carbonyl (C=O) groups excluding carboxylic acids is 2. The summed E-state index contributed by atoms with van der Waals surface area (Å²) in [6.45, 7) is 3.98. The van der Waals surface area contributed by atoms with E-state index in [1.807, 2.05) is 99.6 Å². The van der Waals surface area contributed by atoms with Crippen molar-refractivity contribution < 1.29 is 9.59 Å². The van der Waals surface area contributed by atoms with Gasteiger partial charge < -0.3 is 10.2 Å². The molecular weight excluding hydrogens is 386 g/mol. The van der Waals surface area contributed by atoms with Gasteiger partial charge in [-0.05, 0) is 55.3 Å². The standard InChI is InChI=1S/C26H25N3O2/c1-17-11-13-19(14-12-17)23-24(27-20-8-5-7-18(2)15-20)26(31)29(25(23)30)22-10-6-9-21(16-22)28(3)4/h5-16,27H,1-4H3. The fourth-order valence-electron chi connectivity index (χ4n) is 3.65. The van der Waals surface area contributed by atoms with Crippen LogP contribution in [0.15, 0.2) is 78.5 Å². The Balaban J connectivity index is 1.82. The third-order valence-electron chi connectivity index (χ3n) is 5.32. The van der Waals surface area contributed by atoms with Crippen LogP contribution in [0, 0.1) is 13.8 Å². The third kappa shape index (κ3) is 3.94. The van der Waals surface area contributed by atoms with Crippen LogP contribution >= 0.6 is 0 Å². The van der Waals surface area contributed by atoms with E-state index in [0.717, 1.165) is 22.5 Å². The van der Waals surface area contributed by atoms with Crippen LogP contribution in [0.25, 0.3) is 5.57 Å². The largest absolute Gasteiger partial charge is 0.378 e. The van der Waals surface area contributed by atoms with Gasteiger partial charge in [0.2, 0.25) is 0 Å². The SMILES string of the molecule is Cc1ccc(C2=C(Nc3cccc(C)c3)C(=O)N(c3cccc(N(C)C)c3)C2=O)cc1. The molecule has 1 heterocycles. The first-order valence-electron chi connectivity index (χ1n) is 10.2. The van der Waals surface area contributed by atoms with Crippen LogP contribution in [0.1, 0.15) is 16.7 Å². The van der Waals surface area contributed by atoms with Crippen LogP contribution in [0.2, 0.25) is 0 Å². The van der Waals surface area contributed by atoms with Gasteiger partial charge in [-0.15, -0.1) is 0 Å². The van der Waals surface area contributed by atoms with Crippen LogP contribution in [0.3, 0.4) is 0 Å². The number of rotatable bonds is 5. The molecule has 0 radical (unpaired) electrons. The van der Waals surface area contributed by atoms with E-state index in [2.05, 4.69) is 5.32 Å². The lowest BCUT2D eigenvalue weighted by Crippen LogP contribution is -2.32. The normalized spacial score (nSPS) is 13.7. The predicted molar refractivity (Wildman–Crippen MR) is 126 cm³/mol. The summed E-state index contributed by atoms with van der Waals surface area (Å²) in [5.41, 5.74) is 5.76. The Kier molecular flexibility index (Phi) is 5.34. The zero-order valence-corrected chi connectivity index (χ0v) is 18.1. The van der Waals surface area contributed by atoms with E-state index in [1.165, 1.54) is 4.90 Å². The van der Waals surface area contributed by atoms with Crippen molar-refractivity contribution in [2.75, 3.05) is 29.2 Å². The van der Waals surface area contributed by atoms with Crippen LogP contribution in [0.5, 0.6) is 0 Å². The quantitative estimate of drug-likeness (QED) is 0.615. The van der Waals surface area contributed by atoms with Gasteiger partial charge in [0, 0.05) is 25.5 Å². The van der Waals surface area contributed by atoms with E-state index in [-0.39, 0.29) is 17.5 Å². The van der Waals surface area contributed by atoms with Crippen molar-refractivity contribution in [3.8, 4) is 0 Å². The average molecular weight is 412 g/mol. The maximum atomic E-state index is 13.5. The Morgan fingerprint density at radius 1 is 0.774 bits per heavy atom. The van der Waals surface area contributed by atoms with Gasteiger partial charge in [0.15, 0.2) is 0 Å². The first-order valence-corrected chi connectivity index (χ1v) is 10.2. The molecule has 0 fully saturated rings. The van der Waals surface area contributed by atoms with Crippen LogP contribution < -0.4 is 15.1 Å². The topological polar surface area (TPSA) is 52.7 Å². The highest BCUT2D eigenvalue weighted by Crippen LogP contribution is 2.35. The fourth-order valence-corrected chi connectivity index (χ4v) is 3.65. The molecule has 0 aromatic heterocycles. The minimum atomic E-state index is -0.363. The predicted octanol–water partition coefficient (Wildman–Crippen LogP) is 4.77. The summed E-state index contributed by atoms with van der Waals surface area (Å²) in [6.07, 6.45) is 0. The molecule has 0 atom stereocenters. The molecule has 0 spiro atoms. The lowest BCUT2D eigenvalue weighted by Gasteiger charge is -2.19. The van der Waals surface area contributed by atoms with Gasteiger partial charge in [-0.3, -0.25) is 9.59 Å². The first-order chi connectivity index (χ1) is 14.8. The number of nitrogens with zero attached hydrogens (tertiary/aromatic N) is 2. The molecule has 0 aliphatic carbocycles. The molecule has 1 N–H and O–H groups in total. The van der Waals surface area contributed by atoms with E-state index in [9.17, 15) is 9.59 Å². The summed E-state index contributed by atoms with van der Waals surface area (Å²) in [6, 6.07) is 22.8. The number of hydrogen-bond acceptors (Lipinski definition) is 4. The molecule has 2 amide bonds. The maximum Gasteiger partial charge on any atom is 0.282 e. The Hall–Kier alpha value is -3.86. The van der Waals surface area contributed by atoms with Gasteiger partial charge in [-0.25, -0.2) is 4.90 Å². The van der Waals surface area contributed by atoms with Gasteiger partial charge in [0.05, 0.1) is 11.3 Å². The van der Waals surface area contributed by atoms with Gasteiger partial charge in [-0.2, -0.15) is 0 Å². The summed E-state index contributed by atoms with van der Waals surface area (Å²) >= 11 is 0. The number of anilines is 3. The lowest BCUT2D eigenvalue weighted by atomic mass is 10.0. The summed E-state index contributed by atoms with van der Waals surface area (Å²) < 4.78 is 0. The van der Waals surface area contributed by atoms with Crippen LogP contribution in [-0.4, -0.2) is 25.9 Å². The third-order valence-corrected chi connectivity index (χ3v) is 5.32. The second kappa shape index (κ2) is 8.11. The number of benzene rings is 3. The molecule has 0 unspecified atom stereocenters. The van der Waals surface area contributed by atoms with E-state index >= 15 is 0 Å². The van der Waals surface area contributed by atoms with Crippen molar-refractivity contribution in [3.05, 3.63) is 95.2 Å². The molecule has 0 saturated heterocycles. The molecule has 4 rings (SSSR count). The summed E-state index contributed by atoms with van der Waals surface area (Å²) in [5, 5.41) is 3.22. The Morgan fingerprint density at radius 2 is 1.48 bits per heavy atom. The summed E-state index contributed by atoms with van der Waals surface area (Å²) in [7, 11) is 3.85. The van der Waals surface area contributed by atoms with Crippen LogP contribution in [-0.2, 0) is 9.59 Å². The fraction of sp³-hybridized carbons (Fsp3) is 0.154. The number of hydrogen-bond donors (Lipinski definition) is 1. The highest BCUT2D eigenvalue weighted by Gasteiger charge is 2.40. The molecule has 31 heavy (non-hydrogen) atoms. The lowest BCUT2D eigenvalue weighted by molar-refractivity contribution is -0.120. The minimum absolute atomic E-state index is 0.287. The van der Waals surface area contributed by atoms with E-state index in [0.29, 0.717) is 16.8 Å². The van der Waals surface area contributed by atoms with Crippen molar-refractivity contribution in [3.63, 3.8) is 0 Å². The molecule has 5 heteroatoms. The molecule has 0 bridgehead atoms. The highest BCUT2D eigenvalue weighted by molar-refractivity contribution is 6.46. The molecule has 0 saturated carbocycles.